The lowest BCUT2D eigenvalue weighted by molar-refractivity contribution is 0.536. The van der Waals surface area contributed by atoms with Gasteiger partial charge in [-0.05, 0) is 55.9 Å². The molecule has 1 aromatic rings. The van der Waals surface area contributed by atoms with E-state index in [1.807, 2.05) is 11.8 Å². The maximum Gasteiger partial charge on any atom is 0.0210 e. The Morgan fingerprint density at radius 3 is 2.75 bits per heavy atom. The summed E-state index contributed by atoms with van der Waals surface area (Å²) in [5, 5.41) is 3.59. The summed E-state index contributed by atoms with van der Waals surface area (Å²) in [5.74, 6) is 1.24. The Kier molecular flexibility index (Phi) is 5.93. The third-order valence-electron chi connectivity index (χ3n) is 3.11. The Bertz CT molecular complexity index is 323. The minimum Gasteiger partial charge on any atom is -0.310 e. The summed E-state index contributed by atoms with van der Waals surface area (Å²) < 4.78 is 0. The zero-order valence-corrected chi connectivity index (χ0v) is 11.7. The van der Waals surface area contributed by atoms with E-state index in [9.17, 15) is 0 Å². The second kappa shape index (κ2) is 6.97. The van der Waals surface area contributed by atoms with Gasteiger partial charge in [-0.3, -0.25) is 0 Å². The molecule has 0 aromatic heterocycles. The highest BCUT2D eigenvalue weighted by atomic mass is 32.2. The van der Waals surface area contributed by atoms with Gasteiger partial charge in [0.05, 0.1) is 0 Å². The number of rotatable bonds is 6. The van der Waals surface area contributed by atoms with E-state index < -0.39 is 0 Å². The second-order valence-corrected chi connectivity index (χ2v) is 5.41. The van der Waals surface area contributed by atoms with E-state index in [1.165, 1.54) is 28.9 Å². The normalized spacial score (nSPS) is 12.8. The Hall–Kier alpha value is -0.470. The van der Waals surface area contributed by atoms with Crippen LogP contribution in [-0.4, -0.2) is 18.1 Å². The molecule has 0 aliphatic heterocycles. The molecule has 0 bridgehead atoms. The van der Waals surface area contributed by atoms with Crippen molar-refractivity contribution in [3.8, 4) is 0 Å². The number of aryl methyl sites for hydroxylation is 1. The highest BCUT2D eigenvalue weighted by Crippen LogP contribution is 2.12. The first-order valence-electron chi connectivity index (χ1n) is 5.92. The lowest BCUT2D eigenvalue weighted by atomic mass is 10.0. The third-order valence-corrected chi connectivity index (χ3v) is 3.76. The Labute approximate surface area is 104 Å². The average molecular weight is 237 g/mol. The van der Waals surface area contributed by atoms with Crippen molar-refractivity contribution in [3.05, 3.63) is 34.9 Å². The molecule has 1 nitrogen and oxygen atoms in total. The summed E-state index contributed by atoms with van der Waals surface area (Å²) >= 11 is 1.92. The van der Waals surface area contributed by atoms with Crippen LogP contribution in [0.3, 0.4) is 0 Å². The van der Waals surface area contributed by atoms with Gasteiger partial charge in [0.25, 0.3) is 0 Å². The summed E-state index contributed by atoms with van der Waals surface area (Å²) in [7, 11) is 0. The van der Waals surface area contributed by atoms with Crippen molar-refractivity contribution in [1.29, 1.82) is 0 Å². The molecule has 1 atom stereocenters. The molecule has 1 rings (SSSR count). The van der Waals surface area contributed by atoms with Crippen molar-refractivity contribution < 1.29 is 0 Å². The monoisotopic (exact) mass is 237 g/mol. The number of benzene rings is 1. The molecule has 1 aromatic carbocycles. The van der Waals surface area contributed by atoms with Gasteiger partial charge in [-0.25, -0.2) is 0 Å². The van der Waals surface area contributed by atoms with Crippen LogP contribution in [0.1, 0.15) is 30.0 Å². The summed E-state index contributed by atoms with van der Waals surface area (Å²) in [4.78, 5) is 0. The van der Waals surface area contributed by atoms with Crippen molar-refractivity contribution in [2.24, 2.45) is 0 Å². The standard InChI is InChI=1S/C14H23NS/c1-11-6-5-7-14(13(11)3)10-15-12(2)8-9-16-4/h5-7,12,15H,8-10H2,1-4H3. The number of hydrogen-bond acceptors (Lipinski definition) is 2. The van der Waals surface area contributed by atoms with Crippen molar-refractivity contribution in [3.63, 3.8) is 0 Å². The fourth-order valence-electron chi connectivity index (χ4n) is 1.68. The minimum absolute atomic E-state index is 0.604. The predicted octanol–water partition coefficient (Wildman–Crippen LogP) is 3.53. The molecule has 0 amide bonds. The van der Waals surface area contributed by atoms with Gasteiger partial charge < -0.3 is 5.32 Å². The molecule has 0 spiro atoms. The quantitative estimate of drug-likeness (QED) is 0.812. The minimum atomic E-state index is 0.604. The zero-order chi connectivity index (χ0) is 12.0. The van der Waals surface area contributed by atoms with E-state index in [0.717, 1.165) is 6.54 Å². The van der Waals surface area contributed by atoms with Crippen LogP contribution in [0.4, 0.5) is 0 Å². The molecule has 1 unspecified atom stereocenters. The third kappa shape index (κ3) is 4.18. The van der Waals surface area contributed by atoms with Crippen LogP contribution in [-0.2, 0) is 6.54 Å². The van der Waals surface area contributed by atoms with Crippen LogP contribution in [0.5, 0.6) is 0 Å². The number of nitrogens with one attached hydrogen (secondary N) is 1. The highest BCUT2D eigenvalue weighted by molar-refractivity contribution is 7.98. The van der Waals surface area contributed by atoms with E-state index >= 15 is 0 Å². The van der Waals surface area contributed by atoms with Gasteiger partial charge in [-0.2, -0.15) is 11.8 Å². The maximum absolute atomic E-state index is 3.59. The Morgan fingerprint density at radius 1 is 1.31 bits per heavy atom. The van der Waals surface area contributed by atoms with Gasteiger partial charge in [-0.15, -0.1) is 0 Å². The summed E-state index contributed by atoms with van der Waals surface area (Å²) in [6.07, 6.45) is 3.41. The summed E-state index contributed by atoms with van der Waals surface area (Å²) in [6, 6.07) is 7.14. The van der Waals surface area contributed by atoms with Crippen molar-refractivity contribution >= 4 is 11.8 Å². The maximum atomic E-state index is 3.59. The molecule has 0 aliphatic rings. The molecule has 2 heteroatoms. The molecule has 0 saturated heterocycles. The van der Waals surface area contributed by atoms with Gasteiger partial charge in [-0.1, -0.05) is 18.2 Å². The topological polar surface area (TPSA) is 12.0 Å². The second-order valence-electron chi connectivity index (χ2n) is 4.42. The smallest absolute Gasteiger partial charge is 0.0210 e. The fourth-order valence-corrected chi connectivity index (χ4v) is 2.27. The van der Waals surface area contributed by atoms with Gasteiger partial charge in [0.2, 0.25) is 0 Å². The van der Waals surface area contributed by atoms with Crippen molar-refractivity contribution in [2.45, 2.75) is 39.8 Å². The number of hydrogen-bond donors (Lipinski definition) is 1. The molecular formula is C14H23NS. The Morgan fingerprint density at radius 2 is 2.06 bits per heavy atom. The van der Waals surface area contributed by atoms with Crippen LogP contribution in [0.15, 0.2) is 18.2 Å². The fraction of sp³-hybridized carbons (Fsp3) is 0.571. The van der Waals surface area contributed by atoms with Gasteiger partial charge in [0.1, 0.15) is 0 Å². The van der Waals surface area contributed by atoms with Crippen LogP contribution < -0.4 is 5.32 Å². The van der Waals surface area contributed by atoms with Crippen LogP contribution in [0.2, 0.25) is 0 Å². The van der Waals surface area contributed by atoms with Crippen LogP contribution in [0.25, 0.3) is 0 Å². The van der Waals surface area contributed by atoms with E-state index in [2.05, 4.69) is 50.5 Å². The molecule has 0 radical (unpaired) electrons. The Balaban J connectivity index is 2.45. The largest absolute Gasteiger partial charge is 0.310 e. The summed E-state index contributed by atoms with van der Waals surface area (Å²) in [5.41, 5.74) is 4.24. The molecule has 1 N–H and O–H groups in total. The van der Waals surface area contributed by atoms with E-state index in [-0.39, 0.29) is 0 Å². The lowest BCUT2D eigenvalue weighted by Crippen LogP contribution is -2.26. The highest BCUT2D eigenvalue weighted by Gasteiger charge is 2.03. The summed E-state index contributed by atoms with van der Waals surface area (Å²) in [6.45, 7) is 7.64. The van der Waals surface area contributed by atoms with Crippen molar-refractivity contribution in [2.75, 3.05) is 12.0 Å². The molecule has 16 heavy (non-hydrogen) atoms. The molecule has 90 valence electrons. The molecule has 0 fully saturated rings. The van der Waals surface area contributed by atoms with Crippen molar-refractivity contribution in [1.82, 2.24) is 5.32 Å². The average Bonchev–Trinajstić information content (AvgIpc) is 2.28. The first-order chi connectivity index (χ1) is 7.65. The van der Waals surface area contributed by atoms with Gasteiger partial charge in [0.15, 0.2) is 0 Å². The SMILES string of the molecule is CSCCC(C)NCc1cccc(C)c1C. The van der Waals surface area contributed by atoms with Gasteiger partial charge in [0, 0.05) is 12.6 Å². The van der Waals surface area contributed by atoms with E-state index in [4.69, 9.17) is 0 Å². The first kappa shape index (κ1) is 13.6. The van der Waals surface area contributed by atoms with Crippen LogP contribution >= 0.6 is 11.8 Å². The van der Waals surface area contributed by atoms with E-state index in [0.29, 0.717) is 6.04 Å². The molecule has 0 aliphatic carbocycles. The zero-order valence-electron chi connectivity index (χ0n) is 10.8. The molecular weight excluding hydrogens is 214 g/mol. The van der Waals surface area contributed by atoms with Crippen LogP contribution in [0, 0.1) is 13.8 Å². The molecule has 0 saturated carbocycles. The van der Waals surface area contributed by atoms with E-state index in [1.54, 1.807) is 0 Å². The predicted molar refractivity (Wildman–Crippen MR) is 75.2 cm³/mol. The first-order valence-corrected chi connectivity index (χ1v) is 7.32. The van der Waals surface area contributed by atoms with Gasteiger partial charge >= 0.3 is 0 Å². The number of thioether (sulfide) groups is 1. The molecule has 0 heterocycles. The lowest BCUT2D eigenvalue weighted by Gasteiger charge is -2.15.